The third-order valence-electron chi connectivity index (χ3n) is 1.99. The monoisotopic (exact) mass is 239 g/mol. The lowest BCUT2D eigenvalue weighted by atomic mass is 10.3. The molecule has 17 heavy (non-hydrogen) atoms. The number of anilines is 1. The maximum Gasteiger partial charge on any atom is 0.305 e. The van der Waals surface area contributed by atoms with Gasteiger partial charge in [-0.25, -0.2) is 4.98 Å². The lowest BCUT2D eigenvalue weighted by molar-refractivity contribution is -0.143. The van der Waals surface area contributed by atoms with E-state index in [2.05, 4.69) is 15.3 Å². The summed E-state index contributed by atoms with van der Waals surface area (Å²) in [5.41, 5.74) is 0. The minimum atomic E-state index is -0.180. The lowest BCUT2D eigenvalue weighted by Crippen LogP contribution is -2.09. The number of esters is 1. The van der Waals surface area contributed by atoms with Crippen molar-refractivity contribution in [1.82, 2.24) is 9.97 Å². The number of hydrogen-bond acceptors (Lipinski definition) is 6. The molecule has 1 rings (SSSR count). The Morgan fingerprint density at radius 2 is 2.35 bits per heavy atom. The van der Waals surface area contributed by atoms with Crippen LogP contribution >= 0.6 is 0 Å². The summed E-state index contributed by atoms with van der Waals surface area (Å²) in [6.07, 6.45) is 2.68. The SMILES string of the molecule is CCOC(=O)CCCNc1nccc(OC)n1. The van der Waals surface area contributed by atoms with Gasteiger partial charge in [-0.2, -0.15) is 4.98 Å². The van der Waals surface area contributed by atoms with Crippen LogP contribution in [0.25, 0.3) is 0 Å². The first kappa shape index (κ1) is 13.2. The number of methoxy groups -OCH3 is 1. The molecule has 0 saturated carbocycles. The molecule has 0 fully saturated rings. The second-order valence-electron chi connectivity index (χ2n) is 3.26. The van der Waals surface area contributed by atoms with Gasteiger partial charge in [-0.05, 0) is 13.3 Å². The van der Waals surface area contributed by atoms with Crippen LogP contribution in [0.5, 0.6) is 5.88 Å². The molecule has 1 aromatic rings. The standard InChI is InChI=1S/C11H17N3O3/c1-3-17-10(15)5-4-7-12-11-13-8-6-9(14-11)16-2/h6,8H,3-5,7H2,1-2H3,(H,12,13,14). The molecule has 0 aliphatic rings. The molecule has 1 aromatic heterocycles. The molecule has 94 valence electrons. The fourth-order valence-corrected chi connectivity index (χ4v) is 1.21. The van der Waals surface area contributed by atoms with E-state index in [0.29, 0.717) is 37.8 Å². The average molecular weight is 239 g/mol. The smallest absolute Gasteiger partial charge is 0.305 e. The molecule has 0 unspecified atom stereocenters. The highest BCUT2D eigenvalue weighted by atomic mass is 16.5. The van der Waals surface area contributed by atoms with Crippen molar-refractivity contribution in [2.24, 2.45) is 0 Å². The van der Waals surface area contributed by atoms with Crippen LogP contribution < -0.4 is 10.1 Å². The molecule has 0 radical (unpaired) electrons. The zero-order valence-corrected chi connectivity index (χ0v) is 10.1. The molecule has 1 N–H and O–H groups in total. The summed E-state index contributed by atoms with van der Waals surface area (Å²) in [5, 5.41) is 3.01. The van der Waals surface area contributed by atoms with Crippen LogP contribution in [0.2, 0.25) is 0 Å². The number of nitrogens with zero attached hydrogens (tertiary/aromatic N) is 2. The molecule has 0 amide bonds. The van der Waals surface area contributed by atoms with Crippen LogP contribution in [0.3, 0.4) is 0 Å². The van der Waals surface area contributed by atoms with Gasteiger partial charge in [0.2, 0.25) is 11.8 Å². The summed E-state index contributed by atoms with van der Waals surface area (Å²) in [7, 11) is 1.55. The first-order valence-corrected chi connectivity index (χ1v) is 5.52. The first-order chi connectivity index (χ1) is 8.26. The molecule has 6 heteroatoms. The number of carbonyl (C=O) groups is 1. The summed E-state index contributed by atoms with van der Waals surface area (Å²) < 4.78 is 9.78. The Bertz CT molecular complexity index is 358. The molecule has 0 aliphatic carbocycles. The predicted molar refractivity (Wildman–Crippen MR) is 62.9 cm³/mol. The van der Waals surface area contributed by atoms with Gasteiger partial charge in [-0.15, -0.1) is 0 Å². The molecule has 0 aliphatic heterocycles. The zero-order valence-electron chi connectivity index (χ0n) is 10.1. The van der Waals surface area contributed by atoms with E-state index in [1.807, 2.05) is 0 Å². The summed E-state index contributed by atoms with van der Waals surface area (Å²) in [5.74, 6) is 0.821. The summed E-state index contributed by atoms with van der Waals surface area (Å²) in [6.45, 7) is 2.83. The highest BCUT2D eigenvalue weighted by Crippen LogP contribution is 2.07. The molecule has 1 heterocycles. The number of nitrogens with one attached hydrogen (secondary N) is 1. The first-order valence-electron chi connectivity index (χ1n) is 5.52. The van der Waals surface area contributed by atoms with E-state index >= 15 is 0 Å². The minimum Gasteiger partial charge on any atom is -0.481 e. The van der Waals surface area contributed by atoms with Crippen molar-refractivity contribution in [2.75, 3.05) is 25.6 Å². The average Bonchev–Trinajstić information content (AvgIpc) is 2.35. The number of carbonyl (C=O) groups excluding carboxylic acids is 1. The summed E-state index contributed by atoms with van der Waals surface area (Å²) in [6, 6.07) is 1.67. The van der Waals surface area contributed by atoms with Crippen LogP contribution in [0.15, 0.2) is 12.3 Å². The van der Waals surface area contributed by atoms with E-state index < -0.39 is 0 Å². The van der Waals surface area contributed by atoms with E-state index in [-0.39, 0.29) is 5.97 Å². The van der Waals surface area contributed by atoms with Crippen LogP contribution in [0.4, 0.5) is 5.95 Å². The molecule has 0 bridgehead atoms. The molecule has 0 saturated heterocycles. The number of aromatic nitrogens is 2. The Morgan fingerprint density at radius 3 is 3.06 bits per heavy atom. The van der Waals surface area contributed by atoms with Gasteiger partial charge in [0, 0.05) is 25.2 Å². The van der Waals surface area contributed by atoms with Crippen LogP contribution in [-0.4, -0.2) is 36.2 Å². The Kier molecular flexibility index (Phi) is 5.77. The van der Waals surface area contributed by atoms with Gasteiger partial charge in [0.1, 0.15) is 0 Å². The molecule has 0 atom stereocenters. The van der Waals surface area contributed by atoms with E-state index in [1.165, 1.54) is 0 Å². The largest absolute Gasteiger partial charge is 0.481 e. The maximum absolute atomic E-state index is 11.1. The second-order valence-corrected chi connectivity index (χ2v) is 3.26. The van der Waals surface area contributed by atoms with Crippen molar-refractivity contribution in [3.8, 4) is 5.88 Å². The van der Waals surface area contributed by atoms with Gasteiger partial charge in [-0.1, -0.05) is 0 Å². The maximum atomic E-state index is 11.1. The fourth-order valence-electron chi connectivity index (χ4n) is 1.21. The number of rotatable bonds is 7. The highest BCUT2D eigenvalue weighted by Gasteiger charge is 2.02. The van der Waals surface area contributed by atoms with Gasteiger partial charge in [0.05, 0.1) is 13.7 Å². The van der Waals surface area contributed by atoms with Crippen LogP contribution in [-0.2, 0) is 9.53 Å². The quantitative estimate of drug-likeness (QED) is 0.570. The van der Waals surface area contributed by atoms with Crippen LogP contribution in [0, 0.1) is 0 Å². The molecular formula is C11H17N3O3. The van der Waals surface area contributed by atoms with Crippen molar-refractivity contribution >= 4 is 11.9 Å². The number of ether oxygens (including phenoxy) is 2. The second kappa shape index (κ2) is 7.43. The van der Waals surface area contributed by atoms with Gasteiger partial charge in [-0.3, -0.25) is 4.79 Å². The third kappa shape index (κ3) is 5.14. The Balaban J connectivity index is 2.24. The van der Waals surface area contributed by atoms with Crippen LogP contribution in [0.1, 0.15) is 19.8 Å². The van der Waals surface area contributed by atoms with Crippen molar-refractivity contribution in [2.45, 2.75) is 19.8 Å². The predicted octanol–water partition coefficient (Wildman–Crippen LogP) is 1.24. The summed E-state index contributed by atoms with van der Waals surface area (Å²) in [4.78, 5) is 19.2. The van der Waals surface area contributed by atoms with Gasteiger partial charge >= 0.3 is 5.97 Å². The fraction of sp³-hybridized carbons (Fsp3) is 0.545. The number of hydrogen-bond donors (Lipinski definition) is 1. The molecular weight excluding hydrogens is 222 g/mol. The molecule has 0 spiro atoms. The minimum absolute atomic E-state index is 0.180. The van der Waals surface area contributed by atoms with Gasteiger partial charge in [0.15, 0.2) is 0 Å². The van der Waals surface area contributed by atoms with E-state index in [4.69, 9.17) is 9.47 Å². The third-order valence-corrected chi connectivity index (χ3v) is 1.99. The van der Waals surface area contributed by atoms with Crippen molar-refractivity contribution in [1.29, 1.82) is 0 Å². The van der Waals surface area contributed by atoms with Crippen molar-refractivity contribution < 1.29 is 14.3 Å². The highest BCUT2D eigenvalue weighted by molar-refractivity contribution is 5.69. The molecule has 6 nitrogen and oxygen atoms in total. The Morgan fingerprint density at radius 1 is 1.53 bits per heavy atom. The van der Waals surface area contributed by atoms with E-state index in [9.17, 15) is 4.79 Å². The van der Waals surface area contributed by atoms with Gasteiger partial charge < -0.3 is 14.8 Å². The molecule has 0 aromatic carbocycles. The topological polar surface area (TPSA) is 73.3 Å². The van der Waals surface area contributed by atoms with Crippen molar-refractivity contribution in [3.63, 3.8) is 0 Å². The normalized spacial score (nSPS) is 9.76. The van der Waals surface area contributed by atoms with Gasteiger partial charge in [0.25, 0.3) is 0 Å². The summed E-state index contributed by atoms with van der Waals surface area (Å²) >= 11 is 0. The van der Waals surface area contributed by atoms with E-state index in [0.717, 1.165) is 0 Å². The Hall–Kier alpha value is -1.85. The van der Waals surface area contributed by atoms with E-state index in [1.54, 1.807) is 26.3 Å². The van der Waals surface area contributed by atoms with Crippen molar-refractivity contribution in [3.05, 3.63) is 12.3 Å². The lowest BCUT2D eigenvalue weighted by Gasteiger charge is -2.05. The zero-order chi connectivity index (χ0) is 12.5. The Labute approximate surface area is 100 Å².